The third kappa shape index (κ3) is 5.58. The van der Waals surface area contributed by atoms with Crippen molar-refractivity contribution in [3.05, 3.63) is 29.8 Å². The molecule has 0 aliphatic rings. The largest absolute Gasteiger partial charge is 0.269 e. The third-order valence-electron chi connectivity index (χ3n) is 3.15. The summed E-state index contributed by atoms with van der Waals surface area (Å²) in [6.07, 6.45) is 2.34. The molecule has 0 saturated heterocycles. The Hall–Kier alpha value is -1.12. The van der Waals surface area contributed by atoms with E-state index in [1.54, 1.807) is 19.1 Å². The lowest BCUT2D eigenvalue weighted by atomic mass is 10.1. The van der Waals surface area contributed by atoms with Gasteiger partial charge in [-0.25, -0.2) is 21.6 Å². The van der Waals surface area contributed by atoms with Crippen LogP contribution in [0.1, 0.15) is 25.8 Å². The molecule has 6 nitrogen and oxygen atoms in total. The first-order valence-electron chi connectivity index (χ1n) is 7.24. The summed E-state index contributed by atoms with van der Waals surface area (Å²) >= 11 is 0. The van der Waals surface area contributed by atoms with Crippen molar-refractivity contribution in [3.8, 4) is 0 Å². The van der Waals surface area contributed by atoms with Crippen molar-refractivity contribution in [3.63, 3.8) is 0 Å². The number of aryl methyl sites for hydroxylation is 1. The van der Waals surface area contributed by atoms with Gasteiger partial charge in [-0.15, -0.1) is 0 Å². The summed E-state index contributed by atoms with van der Waals surface area (Å²) in [4.78, 5) is 0. The molecule has 1 aromatic carbocycles. The molecule has 8 heteroatoms. The first-order chi connectivity index (χ1) is 10.2. The number of nitrogens with zero attached hydrogens (tertiary/aromatic N) is 1. The quantitative estimate of drug-likeness (QED) is 0.730. The van der Waals surface area contributed by atoms with Crippen molar-refractivity contribution < 1.29 is 16.8 Å². The summed E-state index contributed by atoms with van der Waals surface area (Å²) in [5.41, 5.74) is 1.51. The Morgan fingerprint density at radius 2 is 1.73 bits per heavy atom. The van der Waals surface area contributed by atoms with Crippen LogP contribution in [0.3, 0.4) is 0 Å². The van der Waals surface area contributed by atoms with E-state index < -0.39 is 20.0 Å². The smallest absolute Gasteiger partial charge is 0.232 e. The zero-order valence-corrected chi connectivity index (χ0v) is 14.9. The summed E-state index contributed by atoms with van der Waals surface area (Å²) in [5.74, 6) is 0.0391. The van der Waals surface area contributed by atoms with E-state index in [4.69, 9.17) is 0 Å². The number of hydrogen-bond donors (Lipinski definition) is 1. The van der Waals surface area contributed by atoms with Gasteiger partial charge in [-0.2, -0.15) is 0 Å². The van der Waals surface area contributed by atoms with Crippen LogP contribution >= 0.6 is 0 Å². The molecule has 0 fully saturated rings. The molecule has 0 unspecified atom stereocenters. The highest BCUT2D eigenvalue weighted by Crippen LogP contribution is 2.22. The Bertz CT molecular complexity index is 685. The van der Waals surface area contributed by atoms with Gasteiger partial charge in [-0.1, -0.05) is 32.0 Å². The van der Waals surface area contributed by atoms with Gasteiger partial charge in [-0.3, -0.25) is 4.31 Å². The van der Waals surface area contributed by atoms with Gasteiger partial charge in [0.05, 0.1) is 17.7 Å². The summed E-state index contributed by atoms with van der Waals surface area (Å²) in [7, 11) is -6.82. The highest BCUT2D eigenvalue weighted by Gasteiger charge is 2.20. The molecular formula is C14H24N2O4S2. The molecule has 0 heterocycles. The Balaban J connectivity index is 2.93. The monoisotopic (exact) mass is 348 g/mol. The number of nitrogens with one attached hydrogen (secondary N) is 1. The van der Waals surface area contributed by atoms with Gasteiger partial charge in [0.1, 0.15) is 0 Å². The fraction of sp³-hybridized carbons (Fsp3) is 0.571. The first kappa shape index (κ1) is 18.9. The number of rotatable bonds is 9. The van der Waals surface area contributed by atoms with Gasteiger partial charge in [0.25, 0.3) is 0 Å². The number of hydrogen-bond acceptors (Lipinski definition) is 4. The molecule has 0 spiro atoms. The second-order valence-electron chi connectivity index (χ2n) is 5.03. The summed E-state index contributed by atoms with van der Waals surface area (Å²) in [6.45, 7) is 3.84. The van der Waals surface area contributed by atoms with Gasteiger partial charge in [0.2, 0.25) is 20.0 Å². The van der Waals surface area contributed by atoms with Crippen LogP contribution in [0.4, 0.5) is 5.69 Å². The maximum Gasteiger partial charge on any atom is 0.232 e. The zero-order chi connectivity index (χ0) is 16.8. The zero-order valence-electron chi connectivity index (χ0n) is 13.2. The van der Waals surface area contributed by atoms with E-state index in [1.807, 2.05) is 19.1 Å². The summed E-state index contributed by atoms with van der Waals surface area (Å²) in [5, 5.41) is 0. The SMILES string of the molecule is CCCS(=O)(=O)NCCN(c1ccccc1CC)S(C)(=O)=O. The third-order valence-corrected chi connectivity index (χ3v) is 5.92. The van der Waals surface area contributed by atoms with E-state index in [9.17, 15) is 16.8 Å². The van der Waals surface area contributed by atoms with E-state index in [0.717, 1.165) is 11.8 Å². The second kappa shape index (κ2) is 7.94. The van der Waals surface area contributed by atoms with Crippen LogP contribution < -0.4 is 9.03 Å². The lowest BCUT2D eigenvalue weighted by Crippen LogP contribution is -2.39. The van der Waals surface area contributed by atoms with E-state index >= 15 is 0 Å². The topological polar surface area (TPSA) is 83.6 Å². The summed E-state index contributed by atoms with van der Waals surface area (Å²) < 4.78 is 51.0. The van der Waals surface area contributed by atoms with Crippen LogP contribution in [0.15, 0.2) is 24.3 Å². The normalized spacial score (nSPS) is 12.3. The molecule has 0 aliphatic carbocycles. The van der Waals surface area contributed by atoms with Crippen LogP contribution in [0.25, 0.3) is 0 Å². The fourth-order valence-electron chi connectivity index (χ4n) is 2.16. The van der Waals surface area contributed by atoms with Gasteiger partial charge in [0.15, 0.2) is 0 Å². The molecule has 0 atom stereocenters. The van der Waals surface area contributed by atoms with Crippen molar-refractivity contribution in [1.29, 1.82) is 0 Å². The van der Waals surface area contributed by atoms with Gasteiger partial charge in [-0.05, 0) is 24.5 Å². The van der Waals surface area contributed by atoms with Gasteiger partial charge < -0.3 is 0 Å². The average Bonchev–Trinajstić information content (AvgIpc) is 2.42. The Morgan fingerprint density at radius 3 is 2.27 bits per heavy atom. The highest BCUT2D eigenvalue weighted by atomic mass is 32.2. The second-order valence-corrected chi connectivity index (χ2v) is 8.86. The molecule has 1 N–H and O–H groups in total. The van der Waals surface area contributed by atoms with E-state index in [-0.39, 0.29) is 18.8 Å². The first-order valence-corrected chi connectivity index (χ1v) is 10.7. The minimum absolute atomic E-state index is 0.0391. The lowest BCUT2D eigenvalue weighted by molar-refractivity contribution is 0.577. The van der Waals surface area contributed by atoms with Crippen molar-refractivity contribution >= 4 is 25.7 Å². The van der Waals surface area contributed by atoms with Crippen LogP contribution in [0.5, 0.6) is 0 Å². The number of para-hydroxylation sites is 1. The molecule has 126 valence electrons. The maximum atomic E-state index is 12.0. The van der Waals surface area contributed by atoms with Crippen LogP contribution in [0.2, 0.25) is 0 Å². The number of anilines is 1. The molecule has 0 amide bonds. The van der Waals surface area contributed by atoms with Crippen LogP contribution in [-0.4, -0.2) is 41.9 Å². The van der Waals surface area contributed by atoms with E-state index in [2.05, 4.69) is 4.72 Å². The van der Waals surface area contributed by atoms with E-state index in [1.165, 1.54) is 4.31 Å². The molecular weight excluding hydrogens is 324 g/mol. The minimum atomic E-state index is -3.48. The molecule has 0 saturated carbocycles. The molecule has 1 rings (SSSR count). The number of sulfonamides is 2. The molecule has 0 radical (unpaired) electrons. The minimum Gasteiger partial charge on any atom is -0.269 e. The van der Waals surface area contributed by atoms with Crippen LogP contribution in [-0.2, 0) is 26.5 Å². The van der Waals surface area contributed by atoms with E-state index in [0.29, 0.717) is 18.5 Å². The maximum absolute atomic E-state index is 12.0. The van der Waals surface area contributed by atoms with Crippen molar-refractivity contribution in [1.82, 2.24) is 4.72 Å². The Labute approximate surface area is 133 Å². The Kier molecular flexibility index (Phi) is 6.83. The molecule has 0 bridgehead atoms. The Morgan fingerprint density at radius 1 is 1.09 bits per heavy atom. The molecule has 1 aromatic rings. The average molecular weight is 348 g/mol. The van der Waals surface area contributed by atoms with Gasteiger partial charge >= 0.3 is 0 Å². The van der Waals surface area contributed by atoms with Gasteiger partial charge in [0, 0.05) is 13.1 Å². The predicted octanol–water partition coefficient (Wildman–Crippen LogP) is 1.34. The summed E-state index contributed by atoms with van der Waals surface area (Å²) in [6, 6.07) is 7.23. The predicted molar refractivity (Wildman–Crippen MR) is 90.1 cm³/mol. The molecule has 0 aliphatic heterocycles. The molecule has 0 aromatic heterocycles. The highest BCUT2D eigenvalue weighted by molar-refractivity contribution is 7.92. The lowest BCUT2D eigenvalue weighted by Gasteiger charge is -2.24. The van der Waals surface area contributed by atoms with Crippen molar-refractivity contribution in [2.75, 3.05) is 29.4 Å². The molecule has 22 heavy (non-hydrogen) atoms. The number of benzene rings is 1. The van der Waals surface area contributed by atoms with Crippen molar-refractivity contribution in [2.24, 2.45) is 0 Å². The van der Waals surface area contributed by atoms with Crippen LogP contribution in [0, 0.1) is 0 Å². The standard InChI is InChI=1S/C14H24N2O4S2/c1-4-12-22(19,20)15-10-11-16(21(3,17)18)14-9-7-6-8-13(14)5-2/h6-9,15H,4-5,10-12H2,1-3H3. The van der Waals surface area contributed by atoms with Crippen molar-refractivity contribution in [2.45, 2.75) is 26.7 Å². The fourth-order valence-corrected chi connectivity index (χ4v) is 4.20.